The Morgan fingerprint density at radius 3 is 2.37 bits per heavy atom. The molecule has 9 nitrogen and oxygen atoms in total. The number of nitrogens with zero attached hydrogens (tertiary/aromatic N) is 4. The molecule has 0 saturated carbocycles. The minimum absolute atomic E-state index is 0.0711. The molecule has 0 atom stereocenters. The number of anilines is 2. The second-order valence-corrected chi connectivity index (χ2v) is 11.6. The molecule has 2 aromatic carbocycles. The average molecular weight is 582 g/mol. The second kappa shape index (κ2) is 12.1. The van der Waals surface area contributed by atoms with Crippen molar-refractivity contribution in [1.29, 1.82) is 0 Å². The third-order valence-electron chi connectivity index (χ3n) is 8.11. The van der Waals surface area contributed by atoms with Crippen LogP contribution in [0.1, 0.15) is 55.5 Å². The minimum atomic E-state index is -0.745. The van der Waals surface area contributed by atoms with Gasteiger partial charge in [-0.05, 0) is 87.9 Å². The standard InChI is InChI=1S/C30H36FN5O4S/c1-30(2)27(38)36(24-11-12-25-21(19-24)20-40-26(25)37)29(41)35(30)14-6-4-3-5-13-33-15-17-34(18-16-33)28(39)32-23-9-7-22(31)8-10-23/h7-12,19H,3-6,13-18,20H2,1-2H3,(H,32,39). The molecule has 3 heterocycles. The summed E-state index contributed by atoms with van der Waals surface area (Å²) >= 11 is 5.76. The van der Waals surface area contributed by atoms with E-state index in [1.54, 1.807) is 34.1 Å². The number of hydrogen-bond donors (Lipinski definition) is 1. The van der Waals surface area contributed by atoms with Crippen LogP contribution < -0.4 is 10.2 Å². The monoisotopic (exact) mass is 581 g/mol. The van der Waals surface area contributed by atoms with Gasteiger partial charge in [0, 0.05) is 44.0 Å². The van der Waals surface area contributed by atoms with Crippen LogP contribution in [-0.4, -0.2) is 82.5 Å². The molecule has 2 aromatic rings. The normalized spacial score (nSPS) is 18.6. The lowest BCUT2D eigenvalue weighted by Gasteiger charge is -2.34. The maximum Gasteiger partial charge on any atom is 0.338 e. The quantitative estimate of drug-likeness (QED) is 0.263. The average Bonchev–Trinajstić information content (AvgIpc) is 3.40. The van der Waals surface area contributed by atoms with Crippen LogP contribution in [0.15, 0.2) is 42.5 Å². The summed E-state index contributed by atoms with van der Waals surface area (Å²) in [6.07, 6.45) is 4.09. The maximum atomic E-state index is 13.3. The molecule has 0 spiro atoms. The van der Waals surface area contributed by atoms with Gasteiger partial charge in [0.2, 0.25) is 0 Å². The number of urea groups is 1. The van der Waals surface area contributed by atoms with Crippen LogP contribution in [0.2, 0.25) is 0 Å². The van der Waals surface area contributed by atoms with Gasteiger partial charge in [0.25, 0.3) is 5.91 Å². The summed E-state index contributed by atoms with van der Waals surface area (Å²) in [5.74, 6) is -0.737. The zero-order valence-corrected chi connectivity index (χ0v) is 24.3. The van der Waals surface area contributed by atoms with Gasteiger partial charge in [-0.15, -0.1) is 0 Å². The van der Waals surface area contributed by atoms with E-state index in [0.29, 0.717) is 41.7 Å². The van der Waals surface area contributed by atoms with Gasteiger partial charge in [0.05, 0.1) is 11.3 Å². The Kier molecular flexibility index (Phi) is 8.55. The van der Waals surface area contributed by atoms with E-state index in [9.17, 15) is 18.8 Å². The Hall–Kier alpha value is -3.57. The molecule has 3 amide bonds. The fourth-order valence-corrected chi connectivity index (χ4v) is 6.07. The first-order valence-corrected chi connectivity index (χ1v) is 14.6. The Bertz CT molecular complexity index is 1330. The van der Waals surface area contributed by atoms with Crippen LogP contribution in [0.5, 0.6) is 0 Å². The molecule has 41 heavy (non-hydrogen) atoms. The van der Waals surface area contributed by atoms with Gasteiger partial charge < -0.3 is 19.9 Å². The molecule has 0 aliphatic carbocycles. The molecular weight excluding hydrogens is 545 g/mol. The van der Waals surface area contributed by atoms with Crippen molar-refractivity contribution in [2.45, 2.75) is 51.7 Å². The topological polar surface area (TPSA) is 85.4 Å². The lowest BCUT2D eigenvalue weighted by atomic mass is 10.0. The molecule has 0 unspecified atom stereocenters. The molecule has 3 aliphatic heterocycles. The first-order valence-electron chi connectivity index (χ1n) is 14.2. The lowest BCUT2D eigenvalue weighted by molar-refractivity contribution is -0.123. The van der Waals surface area contributed by atoms with Crippen LogP contribution in [0.4, 0.5) is 20.6 Å². The van der Waals surface area contributed by atoms with Crippen LogP contribution in [0.25, 0.3) is 0 Å². The third-order valence-corrected chi connectivity index (χ3v) is 8.51. The summed E-state index contributed by atoms with van der Waals surface area (Å²) in [4.78, 5) is 45.4. The van der Waals surface area contributed by atoms with Crippen molar-refractivity contribution in [1.82, 2.24) is 14.7 Å². The van der Waals surface area contributed by atoms with Crippen LogP contribution >= 0.6 is 12.2 Å². The summed E-state index contributed by atoms with van der Waals surface area (Å²) < 4.78 is 18.2. The highest BCUT2D eigenvalue weighted by molar-refractivity contribution is 7.80. The van der Waals surface area contributed by atoms with Crippen molar-refractivity contribution in [2.24, 2.45) is 0 Å². The van der Waals surface area contributed by atoms with E-state index in [-0.39, 0.29) is 30.3 Å². The predicted molar refractivity (Wildman–Crippen MR) is 158 cm³/mol. The molecule has 0 aromatic heterocycles. The summed E-state index contributed by atoms with van der Waals surface area (Å²) in [6.45, 7) is 8.68. The SMILES string of the molecule is CC1(C)C(=O)N(c2ccc3c(c2)COC3=O)C(=S)N1CCCCCCN1CCN(C(=O)Nc2ccc(F)cc2)CC1. The van der Waals surface area contributed by atoms with Crippen molar-refractivity contribution in [3.05, 3.63) is 59.4 Å². The fourth-order valence-electron chi connectivity index (χ4n) is 5.57. The van der Waals surface area contributed by atoms with Crippen molar-refractivity contribution in [3.63, 3.8) is 0 Å². The van der Waals surface area contributed by atoms with Crippen molar-refractivity contribution in [2.75, 3.05) is 49.5 Å². The maximum absolute atomic E-state index is 13.3. The smallest absolute Gasteiger partial charge is 0.338 e. The number of unbranched alkanes of at least 4 members (excludes halogenated alkanes) is 3. The van der Waals surface area contributed by atoms with Gasteiger partial charge >= 0.3 is 12.0 Å². The molecule has 0 bridgehead atoms. The number of rotatable bonds is 9. The van der Waals surface area contributed by atoms with Crippen molar-refractivity contribution >= 4 is 46.6 Å². The van der Waals surface area contributed by atoms with E-state index in [2.05, 4.69) is 10.2 Å². The van der Waals surface area contributed by atoms with E-state index in [1.807, 2.05) is 24.8 Å². The number of nitrogens with one attached hydrogen (secondary N) is 1. The number of piperazine rings is 1. The number of hydrogen-bond acceptors (Lipinski definition) is 6. The summed E-state index contributed by atoms with van der Waals surface area (Å²) in [5, 5.41) is 3.32. The Labute approximate surface area is 245 Å². The molecule has 0 radical (unpaired) electrons. The summed E-state index contributed by atoms with van der Waals surface area (Å²) in [7, 11) is 0. The molecule has 5 rings (SSSR count). The Morgan fingerprint density at radius 1 is 0.976 bits per heavy atom. The number of fused-ring (bicyclic) bond motifs is 1. The molecule has 1 N–H and O–H groups in total. The number of benzene rings is 2. The molecular formula is C30H36FN5O4S. The summed E-state index contributed by atoms with van der Waals surface area (Å²) in [5.41, 5.74) is 1.82. The van der Waals surface area contributed by atoms with Crippen LogP contribution in [0.3, 0.4) is 0 Å². The first-order chi connectivity index (χ1) is 19.6. The molecule has 218 valence electrons. The third kappa shape index (κ3) is 6.20. The second-order valence-electron chi connectivity index (χ2n) is 11.2. The van der Waals surface area contributed by atoms with E-state index in [1.165, 1.54) is 12.1 Å². The highest BCUT2D eigenvalue weighted by Gasteiger charge is 2.49. The largest absolute Gasteiger partial charge is 0.457 e. The summed E-state index contributed by atoms with van der Waals surface area (Å²) in [6, 6.07) is 10.9. The molecule has 2 saturated heterocycles. The van der Waals surface area contributed by atoms with Gasteiger partial charge in [0.1, 0.15) is 18.0 Å². The van der Waals surface area contributed by atoms with Crippen molar-refractivity contribution < 1.29 is 23.5 Å². The van der Waals surface area contributed by atoms with Gasteiger partial charge in [-0.1, -0.05) is 12.8 Å². The lowest BCUT2D eigenvalue weighted by Crippen LogP contribution is -2.50. The Morgan fingerprint density at radius 2 is 1.66 bits per heavy atom. The highest BCUT2D eigenvalue weighted by atomic mass is 32.1. The first kappa shape index (κ1) is 28.9. The van der Waals surface area contributed by atoms with E-state index in [0.717, 1.165) is 50.9 Å². The van der Waals surface area contributed by atoms with Crippen LogP contribution in [-0.2, 0) is 16.1 Å². The van der Waals surface area contributed by atoms with Crippen LogP contribution in [0, 0.1) is 5.82 Å². The number of carbonyl (C=O) groups excluding carboxylic acids is 3. The number of thiocarbonyl (C=S) groups is 1. The number of cyclic esters (lactones) is 1. The molecule has 11 heteroatoms. The fraction of sp³-hybridized carbons (Fsp3) is 0.467. The highest BCUT2D eigenvalue weighted by Crippen LogP contribution is 2.34. The Balaban J connectivity index is 1.02. The van der Waals surface area contributed by atoms with E-state index in [4.69, 9.17) is 17.0 Å². The van der Waals surface area contributed by atoms with E-state index < -0.39 is 5.54 Å². The van der Waals surface area contributed by atoms with Gasteiger partial charge in [-0.3, -0.25) is 14.6 Å². The van der Waals surface area contributed by atoms with Gasteiger partial charge in [-0.25, -0.2) is 14.0 Å². The molecule has 3 aliphatic rings. The molecule has 2 fully saturated rings. The number of halogens is 1. The van der Waals surface area contributed by atoms with Crippen molar-refractivity contribution in [3.8, 4) is 0 Å². The van der Waals surface area contributed by atoms with E-state index >= 15 is 0 Å². The zero-order chi connectivity index (χ0) is 29.1. The number of ether oxygens (including phenoxy) is 1. The van der Waals surface area contributed by atoms with Gasteiger partial charge in [-0.2, -0.15) is 0 Å². The number of esters is 1. The zero-order valence-electron chi connectivity index (χ0n) is 23.5. The predicted octanol–water partition coefficient (Wildman–Crippen LogP) is 4.62. The van der Waals surface area contributed by atoms with Gasteiger partial charge in [0.15, 0.2) is 5.11 Å². The number of amides is 3. The minimum Gasteiger partial charge on any atom is -0.457 e. The number of carbonyl (C=O) groups is 3.